The van der Waals surface area contributed by atoms with E-state index in [1.165, 1.54) is 23.7 Å². The lowest BCUT2D eigenvalue weighted by Gasteiger charge is -2.26. The largest absolute Gasteiger partial charge is 0.423 e. The monoisotopic (exact) mass is 446 g/mol. The first-order valence-corrected chi connectivity index (χ1v) is 9.71. The van der Waals surface area contributed by atoms with E-state index >= 15 is 0 Å². The Hall–Kier alpha value is -3.53. The summed E-state index contributed by atoms with van der Waals surface area (Å²) >= 11 is 0. The molecule has 0 bridgehead atoms. The van der Waals surface area contributed by atoms with E-state index in [0.717, 1.165) is 6.20 Å². The zero-order valence-corrected chi connectivity index (χ0v) is 16.8. The second kappa shape index (κ2) is 7.86. The van der Waals surface area contributed by atoms with Gasteiger partial charge in [0.15, 0.2) is 6.29 Å². The molecule has 3 heterocycles. The number of hydrogen-bond donors (Lipinski definition) is 1. The first-order valence-electron chi connectivity index (χ1n) is 9.71. The van der Waals surface area contributed by atoms with Crippen LogP contribution in [0.1, 0.15) is 35.0 Å². The molecule has 1 aromatic carbocycles. The van der Waals surface area contributed by atoms with Crippen molar-refractivity contribution in [2.75, 3.05) is 0 Å². The predicted molar refractivity (Wildman–Crippen MR) is 108 cm³/mol. The van der Waals surface area contributed by atoms with Crippen LogP contribution in [0.5, 0.6) is 0 Å². The van der Waals surface area contributed by atoms with Crippen LogP contribution in [0.2, 0.25) is 0 Å². The maximum absolute atomic E-state index is 13.3. The van der Waals surface area contributed by atoms with Crippen molar-refractivity contribution in [3.8, 4) is 11.3 Å². The molecular formula is C22H18F4N4O2. The number of carbonyl (C=O) groups excluding carboxylic acids is 1. The van der Waals surface area contributed by atoms with Crippen molar-refractivity contribution in [2.45, 2.75) is 31.7 Å². The molecule has 0 aliphatic carbocycles. The average Bonchev–Trinajstić information content (AvgIpc) is 3.37. The van der Waals surface area contributed by atoms with Crippen LogP contribution in [0, 0.1) is 5.82 Å². The molecule has 1 N–H and O–H groups in total. The van der Waals surface area contributed by atoms with Crippen molar-refractivity contribution in [1.82, 2.24) is 19.4 Å². The van der Waals surface area contributed by atoms with Gasteiger partial charge in [-0.2, -0.15) is 13.2 Å². The average molecular weight is 446 g/mol. The first kappa shape index (κ1) is 21.7. The highest BCUT2D eigenvalue weighted by molar-refractivity contribution is 5.90. The molecule has 1 unspecified atom stereocenters. The zero-order chi connectivity index (χ0) is 23.1. The van der Waals surface area contributed by atoms with Crippen molar-refractivity contribution < 1.29 is 27.5 Å². The minimum absolute atomic E-state index is 0.106. The number of fused-ring (bicyclic) bond motifs is 1. The van der Waals surface area contributed by atoms with Crippen molar-refractivity contribution in [1.29, 1.82) is 0 Å². The third-order valence-corrected chi connectivity index (χ3v) is 5.40. The third kappa shape index (κ3) is 3.66. The number of nitrogens with zero attached hydrogens (tertiary/aromatic N) is 4. The van der Waals surface area contributed by atoms with E-state index in [4.69, 9.17) is 0 Å². The maximum atomic E-state index is 13.3. The summed E-state index contributed by atoms with van der Waals surface area (Å²) in [4.78, 5) is 11.6. The van der Waals surface area contributed by atoms with Gasteiger partial charge in [0.25, 0.3) is 0 Å². The lowest BCUT2D eigenvalue weighted by Crippen LogP contribution is -2.42. The number of pyridine rings is 1. The first-order chi connectivity index (χ1) is 15.2. The van der Waals surface area contributed by atoms with Crippen molar-refractivity contribution >= 4 is 11.8 Å². The van der Waals surface area contributed by atoms with Gasteiger partial charge >= 0.3 is 6.18 Å². The Morgan fingerprint density at radius 2 is 1.84 bits per heavy atom. The number of aromatic nitrogens is 4. The Morgan fingerprint density at radius 3 is 2.47 bits per heavy atom. The molecule has 1 atom stereocenters. The van der Waals surface area contributed by atoms with E-state index in [1.807, 2.05) is 0 Å². The summed E-state index contributed by atoms with van der Waals surface area (Å²) in [5, 5.41) is 17.3. The molecule has 0 amide bonds. The highest BCUT2D eigenvalue weighted by Crippen LogP contribution is 2.40. The SMILES string of the molecule is CCC(O)(c1cn(Cc2ccn3c(-c4ccc(F)cc4)c(C=O)cc3c2)nn1)C(F)(F)F. The van der Waals surface area contributed by atoms with Crippen LogP contribution < -0.4 is 0 Å². The molecule has 4 aromatic rings. The van der Waals surface area contributed by atoms with Crippen LogP contribution in [0.4, 0.5) is 17.6 Å². The summed E-state index contributed by atoms with van der Waals surface area (Å²) in [6.45, 7) is 1.32. The quantitative estimate of drug-likeness (QED) is 0.353. The molecule has 32 heavy (non-hydrogen) atoms. The molecule has 6 nitrogen and oxygen atoms in total. The fraction of sp³-hybridized carbons (Fsp3) is 0.227. The highest BCUT2D eigenvalue weighted by Gasteiger charge is 2.55. The molecule has 4 rings (SSSR count). The van der Waals surface area contributed by atoms with Crippen LogP contribution in [0.3, 0.4) is 0 Å². The molecule has 0 fully saturated rings. The van der Waals surface area contributed by atoms with Crippen LogP contribution >= 0.6 is 0 Å². The van der Waals surface area contributed by atoms with E-state index in [0.29, 0.717) is 34.2 Å². The van der Waals surface area contributed by atoms with Gasteiger partial charge in [0.2, 0.25) is 5.60 Å². The van der Waals surface area contributed by atoms with Crippen molar-refractivity contribution in [2.24, 2.45) is 0 Å². The number of carbonyl (C=O) groups is 1. The van der Waals surface area contributed by atoms with Crippen LogP contribution in [0.25, 0.3) is 16.8 Å². The molecule has 0 spiro atoms. The van der Waals surface area contributed by atoms with E-state index in [1.54, 1.807) is 40.9 Å². The number of aldehydes is 1. The molecule has 0 saturated carbocycles. The van der Waals surface area contributed by atoms with E-state index < -0.39 is 29.7 Å². The Morgan fingerprint density at radius 1 is 1.12 bits per heavy atom. The van der Waals surface area contributed by atoms with Crippen LogP contribution in [0.15, 0.2) is 54.9 Å². The van der Waals surface area contributed by atoms with Crippen LogP contribution in [-0.4, -0.2) is 37.0 Å². The van der Waals surface area contributed by atoms with Gasteiger partial charge in [-0.15, -0.1) is 5.10 Å². The van der Waals surface area contributed by atoms with E-state index in [-0.39, 0.29) is 6.54 Å². The summed E-state index contributed by atoms with van der Waals surface area (Å²) in [6, 6.07) is 10.9. The smallest absolute Gasteiger partial charge is 0.375 e. The predicted octanol–water partition coefficient (Wildman–Crippen LogP) is 4.36. The minimum atomic E-state index is -4.88. The van der Waals surface area contributed by atoms with Crippen molar-refractivity contribution in [3.05, 3.63) is 77.5 Å². The van der Waals surface area contributed by atoms with Gasteiger partial charge in [-0.25, -0.2) is 9.07 Å². The number of alkyl halides is 3. The Kier molecular flexibility index (Phi) is 5.33. The van der Waals surface area contributed by atoms with E-state index in [2.05, 4.69) is 10.3 Å². The van der Waals surface area contributed by atoms with Gasteiger partial charge in [0.1, 0.15) is 11.5 Å². The number of hydrogen-bond acceptors (Lipinski definition) is 4. The molecule has 0 aliphatic rings. The maximum Gasteiger partial charge on any atom is 0.423 e. The van der Waals surface area contributed by atoms with Gasteiger partial charge in [0, 0.05) is 17.3 Å². The second-order valence-electron chi connectivity index (χ2n) is 7.42. The molecule has 0 saturated heterocycles. The van der Waals surface area contributed by atoms with Crippen molar-refractivity contribution in [3.63, 3.8) is 0 Å². The third-order valence-electron chi connectivity index (χ3n) is 5.40. The summed E-state index contributed by atoms with van der Waals surface area (Å²) in [7, 11) is 0. The van der Waals surface area contributed by atoms with Gasteiger partial charge in [-0.05, 0) is 60.0 Å². The second-order valence-corrected chi connectivity index (χ2v) is 7.42. The normalized spacial score (nSPS) is 13.9. The lowest BCUT2D eigenvalue weighted by atomic mass is 9.96. The Bertz CT molecular complexity index is 1280. The number of aliphatic hydroxyl groups is 1. The summed E-state index contributed by atoms with van der Waals surface area (Å²) in [6.07, 6.45) is -1.98. The molecule has 3 aromatic heterocycles. The van der Waals surface area contributed by atoms with Gasteiger partial charge in [0.05, 0.1) is 18.4 Å². The summed E-state index contributed by atoms with van der Waals surface area (Å²) in [5.74, 6) is -0.391. The topological polar surface area (TPSA) is 72.4 Å². The minimum Gasteiger partial charge on any atom is -0.375 e. The molecular weight excluding hydrogens is 428 g/mol. The standard InChI is InChI=1S/C22H18F4N4O2/c1-2-21(32,22(24,25)26)19-12-29(28-27-19)11-14-7-8-30-18(9-14)10-16(13-31)20(30)15-3-5-17(23)6-4-15/h3-10,12-13,32H,2,11H2,1H3. The number of benzene rings is 1. The molecule has 0 radical (unpaired) electrons. The fourth-order valence-corrected chi connectivity index (χ4v) is 3.63. The van der Waals surface area contributed by atoms with Gasteiger partial charge < -0.3 is 9.51 Å². The lowest BCUT2D eigenvalue weighted by molar-refractivity contribution is -0.269. The van der Waals surface area contributed by atoms with Gasteiger partial charge in [-0.1, -0.05) is 12.1 Å². The van der Waals surface area contributed by atoms with E-state index in [9.17, 15) is 27.5 Å². The summed E-state index contributed by atoms with van der Waals surface area (Å²) in [5.41, 5.74) is -0.602. The highest BCUT2D eigenvalue weighted by atomic mass is 19.4. The molecule has 0 aliphatic heterocycles. The Labute approximate surface area is 179 Å². The fourth-order valence-electron chi connectivity index (χ4n) is 3.63. The molecule has 10 heteroatoms. The number of rotatable bonds is 6. The molecule has 166 valence electrons. The van der Waals surface area contributed by atoms with Gasteiger partial charge in [-0.3, -0.25) is 4.79 Å². The zero-order valence-electron chi connectivity index (χ0n) is 16.8. The Balaban J connectivity index is 1.67. The number of halogens is 4. The summed E-state index contributed by atoms with van der Waals surface area (Å²) < 4.78 is 56.0. The van der Waals surface area contributed by atoms with Crippen LogP contribution in [-0.2, 0) is 12.1 Å².